The van der Waals surface area contributed by atoms with Crippen molar-refractivity contribution in [1.29, 1.82) is 0 Å². The normalized spacial score (nSPS) is 18.8. The third kappa shape index (κ3) is 3.15. The fourth-order valence-corrected chi connectivity index (χ4v) is 4.78. The second-order valence-corrected chi connectivity index (χ2v) is 8.65. The van der Waals surface area contributed by atoms with Gasteiger partial charge in [-0.3, -0.25) is 9.59 Å². The van der Waals surface area contributed by atoms with Gasteiger partial charge in [-0.1, -0.05) is 19.9 Å². The minimum atomic E-state index is -1.84. The SMILES string of the molecule is CCc1cc(/C=C/C(C)=O)cc2cc3c(nc12)-c1cc2c(c(=O)n1C3)COC(=O)[C@]2(O)CC. The molecule has 2 aromatic heterocycles. The molecule has 33 heavy (non-hydrogen) atoms. The summed E-state index contributed by atoms with van der Waals surface area (Å²) in [5.41, 5.74) is 3.47. The van der Waals surface area contributed by atoms with Crippen LogP contribution in [0.1, 0.15) is 55.0 Å². The minimum absolute atomic E-state index is 0.0199. The molecule has 1 aromatic carbocycles. The summed E-state index contributed by atoms with van der Waals surface area (Å²) < 4.78 is 6.76. The van der Waals surface area contributed by atoms with Crippen molar-refractivity contribution in [1.82, 2.24) is 9.55 Å². The maximum absolute atomic E-state index is 13.3. The highest BCUT2D eigenvalue weighted by Crippen LogP contribution is 2.39. The van der Waals surface area contributed by atoms with Gasteiger partial charge in [0.05, 0.1) is 29.0 Å². The Morgan fingerprint density at radius 2 is 2.03 bits per heavy atom. The Morgan fingerprint density at radius 1 is 1.24 bits per heavy atom. The zero-order valence-corrected chi connectivity index (χ0v) is 18.8. The lowest BCUT2D eigenvalue weighted by atomic mass is 9.86. The topological polar surface area (TPSA) is 98.5 Å². The van der Waals surface area contributed by atoms with Crippen molar-refractivity contribution in [3.8, 4) is 11.4 Å². The van der Waals surface area contributed by atoms with Crippen LogP contribution in [0.2, 0.25) is 0 Å². The zero-order valence-electron chi connectivity index (χ0n) is 18.8. The quantitative estimate of drug-likeness (QED) is 0.383. The fraction of sp³-hybridized carbons (Fsp3) is 0.308. The van der Waals surface area contributed by atoms with Crippen LogP contribution in [-0.2, 0) is 39.5 Å². The maximum atomic E-state index is 13.3. The van der Waals surface area contributed by atoms with Crippen LogP contribution in [0, 0.1) is 0 Å². The van der Waals surface area contributed by atoms with Gasteiger partial charge < -0.3 is 14.4 Å². The molecule has 7 heteroatoms. The molecule has 7 nitrogen and oxygen atoms in total. The van der Waals surface area contributed by atoms with E-state index in [2.05, 4.69) is 0 Å². The largest absolute Gasteiger partial charge is 0.458 e. The van der Waals surface area contributed by atoms with Gasteiger partial charge in [-0.25, -0.2) is 9.78 Å². The molecule has 0 unspecified atom stereocenters. The van der Waals surface area contributed by atoms with Crippen molar-refractivity contribution in [3.05, 3.63) is 68.5 Å². The summed E-state index contributed by atoms with van der Waals surface area (Å²) >= 11 is 0. The van der Waals surface area contributed by atoms with Gasteiger partial charge in [0.25, 0.3) is 5.56 Å². The van der Waals surface area contributed by atoms with Crippen LogP contribution >= 0.6 is 0 Å². The molecule has 2 aliphatic rings. The predicted molar refractivity (Wildman–Crippen MR) is 124 cm³/mol. The first-order chi connectivity index (χ1) is 15.8. The maximum Gasteiger partial charge on any atom is 0.343 e. The lowest BCUT2D eigenvalue weighted by Crippen LogP contribution is -2.44. The molecule has 0 fully saturated rings. The second kappa shape index (κ2) is 7.49. The van der Waals surface area contributed by atoms with Crippen LogP contribution in [0.15, 0.2) is 35.1 Å². The Hall–Kier alpha value is -3.58. The van der Waals surface area contributed by atoms with E-state index >= 15 is 0 Å². The van der Waals surface area contributed by atoms with Crippen molar-refractivity contribution in [3.63, 3.8) is 0 Å². The van der Waals surface area contributed by atoms with E-state index in [1.54, 1.807) is 29.7 Å². The zero-order chi connectivity index (χ0) is 23.5. The standard InChI is InChI=1S/C26H24N2O5/c1-4-16-8-15(7-6-14(3)29)9-17-10-18-12-28-21(23(18)27-22(16)17)11-20-19(24(28)30)13-33-25(31)26(20,32)5-2/h6-11,32H,4-5,12-13H2,1-3H3/b7-6+/t26-/m0/s1. The first-order valence-corrected chi connectivity index (χ1v) is 11.1. The molecule has 0 radical (unpaired) electrons. The van der Waals surface area contributed by atoms with Crippen LogP contribution < -0.4 is 5.56 Å². The summed E-state index contributed by atoms with van der Waals surface area (Å²) in [6, 6.07) is 7.75. The minimum Gasteiger partial charge on any atom is -0.458 e. The molecule has 1 atom stereocenters. The lowest BCUT2D eigenvalue weighted by Gasteiger charge is -2.31. The number of ether oxygens (including phenoxy) is 1. The number of carbonyl (C=O) groups excluding carboxylic acids is 2. The molecule has 0 amide bonds. The molecule has 2 aliphatic heterocycles. The number of rotatable bonds is 4. The number of benzene rings is 1. The number of aromatic nitrogens is 2. The molecule has 0 saturated carbocycles. The Morgan fingerprint density at radius 3 is 2.73 bits per heavy atom. The van der Waals surface area contributed by atoms with Gasteiger partial charge >= 0.3 is 5.97 Å². The number of hydrogen-bond donors (Lipinski definition) is 1. The Bertz CT molecular complexity index is 1450. The highest BCUT2D eigenvalue weighted by atomic mass is 16.6. The number of aryl methyl sites for hydroxylation is 1. The average molecular weight is 444 g/mol. The van der Waals surface area contributed by atoms with Gasteiger partial charge in [0.1, 0.15) is 6.61 Å². The van der Waals surface area contributed by atoms with Crippen LogP contribution in [0.3, 0.4) is 0 Å². The van der Waals surface area contributed by atoms with Gasteiger partial charge in [-0.2, -0.15) is 0 Å². The van der Waals surface area contributed by atoms with E-state index in [9.17, 15) is 19.5 Å². The summed E-state index contributed by atoms with van der Waals surface area (Å²) in [5.74, 6) is -0.750. The van der Waals surface area contributed by atoms with Gasteiger partial charge in [0, 0.05) is 16.5 Å². The third-order valence-corrected chi connectivity index (χ3v) is 6.60. The number of nitrogens with zero attached hydrogens (tertiary/aromatic N) is 2. The fourth-order valence-electron chi connectivity index (χ4n) is 4.78. The number of allylic oxidation sites excluding steroid dienone is 1. The summed E-state index contributed by atoms with van der Waals surface area (Å²) in [7, 11) is 0. The number of carbonyl (C=O) groups is 2. The summed E-state index contributed by atoms with van der Waals surface area (Å²) in [4.78, 5) is 41.9. The highest BCUT2D eigenvalue weighted by molar-refractivity contribution is 5.93. The van der Waals surface area contributed by atoms with Crippen LogP contribution in [0.5, 0.6) is 0 Å². The molecule has 0 spiro atoms. The van der Waals surface area contributed by atoms with E-state index in [0.29, 0.717) is 29.1 Å². The van der Waals surface area contributed by atoms with Crippen molar-refractivity contribution in [2.75, 3.05) is 0 Å². The summed E-state index contributed by atoms with van der Waals surface area (Å²) in [6.07, 6.45) is 4.20. The first-order valence-electron chi connectivity index (χ1n) is 11.1. The number of hydrogen-bond acceptors (Lipinski definition) is 6. The van der Waals surface area contributed by atoms with E-state index in [1.165, 1.54) is 6.92 Å². The second-order valence-electron chi connectivity index (χ2n) is 8.65. The van der Waals surface area contributed by atoms with E-state index < -0.39 is 11.6 Å². The Labute approximate surface area is 190 Å². The predicted octanol–water partition coefficient (Wildman–Crippen LogP) is 3.24. The van der Waals surface area contributed by atoms with E-state index in [-0.39, 0.29) is 24.4 Å². The smallest absolute Gasteiger partial charge is 0.343 e. The molecule has 0 aliphatic carbocycles. The van der Waals surface area contributed by atoms with E-state index in [4.69, 9.17) is 9.72 Å². The first kappa shape index (κ1) is 21.3. The Kier molecular flexibility index (Phi) is 4.83. The van der Waals surface area contributed by atoms with Gasteiger partial charge in [-0.05, 0) is 61.2 Å². The van der Waals surface area contributed by atoms with Crippen LogP contribution in [0.25, 0.3) is 28.4 Å². The molecule has 0 saturated heterocycles. The van der Waals surface area contributed by atoms with Crippen molar-refractivity contribution >= 4 is 28.7 Å². The number of esters is 1. The van der Waals surface area contributed by atoms with Gasteiger partial charge in [0.15, 0.2) is 11.4 Å². The van der Waals surface area contributed by atoms with Crippen molar-refractivity contribution < 1.29 is 19.4 Å². The van der Waals surface area contributed by atoms with Gasteiger partial charge in [-0.15, -0.1) is 0 Å². The number of aliphatic hydroxyl groups is 1. The monoisotopic (exact) mass is 444 g/mol. The van der Waals surface area contributed by atoms with Crippen molar-refractivity contribution in [2.24, 2.45) is 0 Å². The molecule has 168 valence electrons. The number of ketones is 1. The van der Waals surface area contributed by atoms with Gasteiger partial charge in [0.2, 0.25) is 0 Å². The number of cyclic esters (lactones) is 1. The number of pyridine rings is 2. The summed E-state index contributed by atoms with van der Waals surface area (Å²) in [5, 5.41) is 11.9. The van der Waals surface area contributed by atoms with E-state index in [0.717, 1.165) is 34.0 Å². The van der Waals surface area contributed by atoms with Crippen molar-refractivity contribution in [2.45, 2.75) is 52.4 Å². The number of fused-ring (bicyclic) bond motifs is 5. The average Bonchev–Trinajstić information content (AvgIpc) is 3.16. The molecule has 4 heterocycles. The molecular formula is C26H24N2O5. The molecule has 0 bridgehead atoms. The van der Waals surface area contributed by atoms with Crippen LogP contribution in [0.4, 0.5) is 0 Å². The highest BCUT2D eigenvalue weighted by Gasteiger charge is 2.45. The summed E-state index contributed by atoms with van der Waals surface area (Å²) in [6.45, 7) is 5.45. The lowest BCUT2D eigenvalue weighted by molar-refractivity contribution is -0.172. The molecule has 1 N–H and O–H groups in total. The van der Waals surface area contributed by atoms with Crippen LogP contribution in [-0.4, -0.2) is 26.4 Å². The van der Waals surface area contributed by atoms with E-state index in [1.807, 2.05) is 25.1 Å². The Balaban J connectivity index is 1.73. The molecule has 3 aromatic rings. The molecular weight excluding hydrogens is 420 g/mol. The molecule has 5 rings (SSSR count). The third-order valence-electron chi connectivity index (χ3n) is 6.60.